The van der Waals surface area contributed by atoms with Crippen molar-refractivity contribution in [3.8, 4) is 0 Å². The van der Waals surface area contributed by atoms with Crippen molar-refractivity contribution < 1.29 is 19.4 Å². The van der Waals surface area contributed by atoms with Crippen LogP contribution in [-0.4, -0.2) is 33.8 Å². The zero-order valence-electron chi connectivity index (χ0n) is 9.54. The Labute approximate surface area is 92.4 Å². The Morgan fingerprint density at radius 2 is 2.00 bits per heavy atom. The van der Waals surface area contributed by atoms with Crippen LogP contribution in [0.15, 0.2) is 5.22 Å². The normalized spacial score (nSPS) is 12.2. The summed E-state index contributed by atoms with van der Waals surface area (Å²) < 4.78 is 4.88. The van der Waals surface area contributed by atoms with Crippen molar-refractivity contribution in [2.24, 2.45) is 5.22 Å². The first-order valence-electron chi connectivity index (χ1n) is 4.49. The summed E-state index contributed by atoms with van der Waals surface area (Å²) in [4.78, 5) is 24.5. The molecule has 0 rings (SSSR count). The van der Waals surface area contributed by atoms with E-state index in [0.29, 0.717) is 5.01 Å². The molecule has 1 amide bonds. The Morgan fingerprint density at radius 3 is 2.31 bits per heavy atom. The molecule has 0 aliphatic rings. The molecule has 0 aromatic carbocycles. The molecular weight excluding hydrogens is 216 g/mol. The zero-order valence-corrected chi connectivity index (χ0v) is 9.54. The van der Waals surface area contributed by atoms with Gasteiger partial charge in [0, 0.05) is 0 Å². The zero-order chi connectivity index (χ0) is 12.9. The van der Waals surface area contributed by atoms with Crippen molar-refractivity contribution in [2.45, 2.75) is 39.3 Å². The summed E-state index contributed by atoms with van der Waals surface area (Å²) in [5.74, 6) is -1.29. The summed E-state index contributed by atoms with van der Waals surface area (Å²) in [5, 5.41) is 12.1. The van der Waals surface area contributed by atoms with Gasteiger partial charge in [0.25, 0.3) is 0 Å². The standard InChI is InChI=1S/C8H14N4O4/c1-5(6(13)14)12(11-10-9)7(15)16-8(2,3)4/h5H,1-4H3,(H,13,14)/t5-/m0/s1. The summed E-state index contributed by atoms with van der Waals surface area (Å²) in [7, 11) is 0. The number of nitrogens with zero attached hydrogens (tertiary/aromatic N) is 4. The Balaban J connectivity index is 4.86. The van der Waals surface area contributed by atoms with E-state index in [1.54, 1.807) is 20.8 Å². The second kappa shape index (κ2) is 5.22. The summed E-state index contributed by atoms with van der Waals surface area (Å²) in [6, 6.07) is -1.29. The minimum Gasteiger partial charge on any atom is -0.478 e. The molecule has 1 N–H and O–H groups in total. The number of hydrogen-bond donors (Lipinski definition) is 1. The fraction of sp³-hybridized carbons (Fsp3) is 0.750. The number of carboxylic acids is 1. The molecule has 0 fully saturated rings. The van der Waals surface area contributed by atoms with Crippen molar-refractivity contribution in [1.82, 2.24) is 5.01 Å². The number of rotatable bonds is 3. The highest BCUT2D eigenvalue weighted by atomic mass is 16.6. The second-order valence-corrected chi connectivity index (χ2v) is 4.02. The van der Waals surface area contributed by atoms with Gasteiger partial charge in [0.2, 0.25) is 6.04 Å². The van der Waals surface area contributed by atoms with Crippen LogP contribution in [0.2, 0.25) is 0 Å². The summed E-state index contributed by atoms with van der Waals surface area (Å²) in [6.07, 6.45) is -1.000. The number of aliphatic carboxylic acids is 1. The maximum absolute atomic E-state index is 11.5. The van der Waals surface area contributed by atoms with Crippen molar-refractivity contribution >= 4 is 12.1 Å². The van der Waals surface area contributed by atoms with Crippen molar-refractivity contribution in [2.75, 3.05) is 0 Å². The minimum atomic E-state index is -1.29. The number of ether oxygens (including phenoxy) is 1. The van der Waals surface area contributed by atoms with Gasteiger partial charge in [-0.15, -0.1) is 10.5 Å². The second-order valence-electron chi connectivity index (χ2n) is 4.02. The van der Waals surface area contributed by atoms with E-state index >= 15 is 0 Å². The highest BCUT2D eigenvalue weighted by Crippen LogP contribution is 2.12. The molecule has 0 heterocycles. The van der Waals surface area contributed by atoms with Gasteiger partial charge in [-0.2, -0.15) is 9.71 Å². The van der Waals surface area contributed by atoms with Gasteiger partial charge in [0.15, 0.2) is 0 Å². The van der Waals surface area contributed by atoms with Crippen LogP contribution in [0, 0.1) is 0 Å². The largest absolute Gasteiger partial charge is 0.511 e. The minimum absolute atomic E-state index is 0.438. The Bertz CT molecular complexity index is 329. The monoisotopic (exact) mass is 230 g/mol. The highest BCUT2D eigenvalue weighted by Gasteiger charge is 2.33. The molecule has 0 aliphatic heterocycles. The lowest BCUT2D eigenvalue weighted by molar-refractivity contribution is -0.142. The fourth-order valence-corrected chi connectivity index (χ4v) is 0.728. The number of carbonyl (C=O) groups is 2. The smallest absolute Gasteiger partial charge is 0.478 e. The lowest BCUT2D eigenvalue weighted by Crippen LogP contribution is -2.42. The third-order valence-electron chi connectivity index (χ3n) is 1.44. The molecule has 0 aliphatic carbocycles. The van der Waals surface area contributed by atoms with Gasteiger partial charge in [0.1, 0.15) is 5.60 Å². The van der Waals surface area contributed by atoms with Gasteiger partial charge >= 0.3 is 12.1 Å². The van der Waals surface area contributed by atoms with Gasteiger partial charge in [0.05, 0.1) is 0 Å². The Kier molecular flexibility index (Phi) is 4.59. The molecule has 0 saturated heterocycles. The molecule has 0 saturated carbocycles. The average molecular weight is 230 g/mol. The van der Waals surface area contributed by atoms with Crippen molar-refractivity contribution in [3.05, 3.63) is 10.4 Å². The van der Waals surface area contributed by atoms with E-state index in [4.69, 9.17) is 15.4 Å². The van der Waals surface area contributed by atoms with Crippen LogP contribution in [0.3, 0.4) is 0 Å². The lowest BCUT2D eigenvalue weighted by Gasteiger charge is -2.22. The quantitative estimate of drug-likeness (QED) is 0.345. The van der Waals surface area contributed by atoms with E-state index in [9.17, 15) is 9.59 Å². The molecule has 1 atom stereocenters. The van der Waals surface area contributed by atoms with Gasteiger partial charge < -0.3 is 9.84 Å². The SMILES string of the molecule is C[C@@H](C(=O)O)N(N=[N+]=[N-])C(=O)OC(C)(C)C. The molecule has 0 spiro atoms. The number of amides is 1. The lowest BCUT2D eigenvalue weighted by atomic mass is 10.2. The third kappa shape index (κ3) is 4.52. The predicted molar refractivity (Wildman–Crippen MR) is 54.3 cm³/mol. The predicted octanol–water partition coefficient (Wildman–Crippen LogP) is 1.92. The number of carbonyl (C=O) groups excluding carboxylic acids is 1. The van der Waals surface area contributed by atoms with Crippen LogP contribution in [-0.2, 0) is 9.53 Å². The molecule has 16 heavy (non-hydrogen) atoms. The molecule has 8 nitrogen and oxygen atoms in total. The molecular formula is C8H14N4O4. The van der Waals surface area contributed by atoms with Gasteiger partial charge in [-0.25, -0.2) is 4.79 Å². The highest BCUT2D eigenvalue weighted by molar-refractivity contribution is 5.79. The van der Waals surface area contributed by atoms with E-state index in [-0.39, 0.29) is 0 Å². The molecule has 90 valence electrons. The van der Waals surface area contributed by atoms with E-state index < -0.39 is 23.7 Å². The molecule has 0 radical (unpaired) electrons. The van der Waals surface area contributed by atoms with Crippen molar-refractivity contribution in [1.29, 1.82) is 0 Å². The van der Waals surface area contributed by atoms with E-state index in [1.807, 2.05) is 0 Å². The first-order valence-corrected chi connectivity index (χ1v) is 4.49. The number of carboxylic acid groups (broad SMARTS) is 1. The maximum Gasteiger partial charge on any atom is 0.511 e. The third-order valence-corrected chi connectivity index (χ3v) is 1.44. The van der Waals surface area contributed by atoms with Crippen LogP contribution < -0.4 is 0 Å². The van der Waals surface area contributed by atoms with E-state index in [0.717, 1.165) is 0 Å². The van der Waals surface area contributed by atoms with Crippen molar-refractivity contribution in [3.63, 3.8) is 0 Å². The molecule has 0 unspecified atom stereocenters. The van der Waals surface area contributed by atoms with Crippen LogP contribution >= 0.6 is 0 Å². The first-order chi connectivity index (χ1) is 7.19. The van der Waals surface area contributed by atoms with E-state index in [2.05, 4.69) is 10.1 Å². The van der Waals surface area contributed by atoms with Gasteiger partial charge in [-0.05, 0) is 32.9 Å². The topological polar surface area (TPSA) is 116 Å². The summed E-state index contributed by atoms with van der Waals surface area (Å²) >= 11 is 0. The van der Waals surface area contributed by atoms with Gasteiger partial charge in [-0.3, -0.25) is 0 Å². The molecule has 0 aromatic heterocycles. The number of hydrogen-bond acceptors (Lipinski definition) is 4. The van der Waals surface area contributed by atoms with Crippen LogP contribution in [0.1, 0.15) is 27.7 Å². The van der Waals surface area contributed by atoms with Crippen LogP contribution in [0.5, 0.6) is 0 Å². The van der Waals surface area contributed by atoms with E-state index in [1.165, 1.54) is 6.92 Å². The Morgan fingerprint density at radius 1 is 1.50 bits per heavy atom. The molecule has 8 heteroatoms. The van der Waals surface area contributed by atoms with Crippen LogP contribution in [0.25, 0.3) is 10.4 Å². The van der Waals surface area contributed by atoms with Crippen LogP contribution in [0.4, 0.5) is 4.79 Å². The molecule has 0 aromatic rings. The maximum atomic E-state index is 11.5. The Hall–Kier alpha value is -1.95. The molecule has 0 bridgehead atoms. The summed E-state index contributed by atoms with van der Waals surface area (Å²) in [5.41, 5.74) is 7.44. The summed E-state index contributed by atoms with van der Waals surface area (Å²) in [6.45, 7) is 6.06. The first kappa shape index (κ1) is 14.1. The average Bonchev–Trinajstić information content (AvgIpc) is 2.09. The number of azide groups is 1. The fourth-order valence-electron chi connectivity index (χ4n) is 0.728. The van der Waals surface area contributed by atoms with Gasteiger partial charge in [-0.1, -0.05) is 0 Å².